The molecule has 4 fully saturated rings. The molecule has 8 atom stereocenters. The molecule has 4 aromatic rings. The quantitative estimate of drug-likeness (QED) is 0.120. The fraction of sp³-hybridized carbons (Fsp3) is 0.500. The number of aliphatic hydroxyl groups is 2. The lowest BCUT2D eigenvalue weighted by Gasteiger charge is -2.32. The van der Waals surface area contributed by atoms with Crippen LogP contribution < -0.4 is 32.4 Å². The highest BCUT2D eigenvalue weighted by atomic mass is 16.3. The molecule has 4 aliphatic heterocycles. The number of carbonyl (C=O) groups excluding carboxylic acids is 4. The highest BCUT2D eigenvalue weighted by Crippen LogP contribution is 2.51. The Morgan fingerprint density at radius 3 is 1.36 bits per heavy atom. The van der Waals surface area contributed by atoms with Crippen molar-refractivity contribution in [2.75, 3.05) is 13.2 Å². The molecule has 2 saturated heterocycles. The van der Waals surface area contributed by atoms with Gasteiger partial charge >= 0.3 is 12.1 Å². The number of nitrogens with one attached hydrogen (secondary N) is 4. The molecule has 6 aliphatic rings. The van der Waals surface area contributed by atoms with Gasteiger partial charge in [0.1, 0.15) is 24.7 Å². The number of urea groups is 2. The zero-order valence-electron chi connectivity index (χ0n) is 40.7. The van der Waals surface area contributed by atoms with Gasteiger partial charge in [0.25, 0.3) is 11.1 Å². The van der Waals surface area contributed by atoms with Crippen LogP contribution in [0.2, 0.25) is 0 Å². The topological polar surface area (TPSA) is 259 Å². The third-order valence-electron chi connectivity index (χ3n) is 15.4. The average molecular weight is 985 g/mol. The first-order valence-corrected chi connectivity index (χ1v) is 25.2. The van der Waals surface area contributed by atoms with Gasteiger partial charge in [0.2, 0.25) is 11.8 Å². The van der Waals surface area contributed by atoms with Gasteiger partial charge in [0.15, 0.2) is 0 Å². The van der Waals surface area contributed by atoms with Crippen molar-refractivity contribution in [2.24, 2.45) is 23.7 Å². The van der Waals surface area contributed by atoms with Crippen LogP contribution in [0.1, 0.15) is 111 Å². The number of hydrogen-bond acceptors (Lipinski definition) is 12. The fourth-order valence-corrected chi connectivity index (χ4v) is 12.1. The highest BCUT2D eigenvalue weighted by molar-refractivity contribution is 5.89. The average Bonchev–Trinajstić information content (AvgIpc) is 4.27. The van der Waals surface area contributed by atoms with E-state index < -0.39 is 36.0 Å². The number of allylic oxidation sites excluding steroid dienone is 2. The van der Waals surface area contributed by atoms with Crippen molar-refractivity contribution in [1.82, 2.24) is 60.1 Å². The molecule has 6 amide bonds. The number of fused-ring (bicyclic) bond motifs is 6. The van der Waals surface area contributed by atoms with Gasteiger partial charge in [-0.1, -0.05) is 50.0 Å². The summed E-state index contributed by atoms with van der Waals surface area (Å²) in [6.07, 6.45) is 21.1. The molecule has 72 heavy (non-hydrogen) atoms. The molecule has 6 N–H and O–H groups in total. The van der Waals surface area contributed by atoms with Crippen LogP contribution in [-0.2, 0) is 35.8 Å². The van der Waals surface area contributed by atoms with Crippen LogP contribution in [-0.4, -0.2) is 110 Å². The number of likely N-dealkylation sites (tertiary alicyclic amines) is 2. The first kappa shape index (κ1) is 49.9. The Kier molecular flexibility index (Phi) is 15.4. The number of amides is 6. The van der Waals surface area contributed by atoms with Gasteiger partial charge in [0, 0.05) is 97.0 Å². The van der Waals surface area contributed by atoms with Crippen molar-refractivity contribution >= 4 is 36.0 Å². The molecule has 20 heteroatoms. The Labute approximate surface area is 417 Å². The van der Waals surface area contributed by atoms with Gasteiger partial charge < -0.3 is 50.4 Å². The SMILES string of the molecule is C/C=C/c1ccc2n(c1=O)C[C@H]1[C@H](CO)[C@@H](C(=O)NCc3ccncn3)N(C(=O)NC3CCCC3)[C@@H]21.C/C=C\c1ccc2n(c1=O)C[C@H]1[C@H](CO)[C@@H](C(=O)NCc3ccncn3)N(C(=O)NC3CCCC3)[C@@H]21. The van der Waals surface area contributed by atoms with Gasteiger partial charge in [0.05, 0.1) is 36.6 Å². The van der Waals surface area contributed by atoms with E-state index in [1.165, 1.54) is 12.7 Å². The standard InChI is InChI=1S/2C26H32N6O4/c2*1-2-5-16-8-9-21-22-19(13-31(21)25(16)35)20(14-33)23(24(34)28-12-18-10-11-27-15-29-18)32(22)26(36)30-17-6-3-4-7-17/h2*2,5,8-11,15,17,19-20,22-23,33H,3-4,6-7,12-14H2,1H3,(H,28,34)(H,30,36)/b5-2+;5-2-/t2*19-,20-,22+,23-/m00/s1. The minimum Gasteiger partial charge on any atom is -0.396 e. The van der Waals surface area contributed by atoms with Crippen molar-refractivity contribution < 1.29 is 29.4 Å². The summed E-state index contributed by atoms with van der Waals surface area (Å²) in [6.45, 7) is 4.23. The molecule has 0 bridgehead atoms. The maximum atomic E-state index is 13.7. The minimum absolute atomic E-state index is 0.0644. The van der Waals surface area contributed by atoms with Gasteiger partial charge in [-0.25, -0.2) is 29.5 Å². The van der Waals surface area contributed by atoms with E-state index in [4.69, 9.17) is 0 Å². The lowest BCUT2D eigenvalue weighted by Crippen LogP contribution is -2.54. The normalized spacial score (nSPS) is 25.2. The predicted molar refractivity (Wildman–Crippen MR) is 265 cm³/mol. The molecule has 0 aromatic carbocycles. The summed E-state index contributed by atoms with van der Waals surface area (Å²) in [6, 6.07) is 7.47. The summed E-state index contributed by atoms with van der Waals surface area (Å²) >= 11 is 0. The van der Waals surface area contributed by atoms with E-state index in [-0.39, 0.29) is 85.2 Å². The minimum atomic E-state index is -0.868. The largest absolute Gasteiger partial charge is 0.396 e. The second-order valence-electron chi connectivity index (χ2n) is 19.6. The molecule has 4 aromatic heterocycles. The molecule has 0 radical (unpaired) electrons. The number of aromatic nitrogens is 6. The lowest BCUT2D eigenvalue weighted by molar-refractivity contribution is -0.127. The van der Waals surface area contributed by atoms with E-state index >= 15 is 0 Å². The molecule has 10 rings (SSSR count). The predicted octanol–water partition coefficient (Wildman–Crippen LogP) is 3.21. The summed E-state index contributed by atoms with van der Waals surface area (Å²) in [5, 5.41) is 32.9. The number of pyridine rings is 2. The Balaban J connectivity index is 0.000000178. The number of carbonyl (C=O) groups is 4. The first-order chi connectivity index (χ1) is 35.1. The van der Waals surface area contributed by atoms with Crippen molar-refractivity contribution in [1.29, 1.82) is 0 Å². The maximum Gasteiger partial charge on any atom is 0.318 e. The summed E-state index contributed by atoms with van der Waals surface area (Å²) in [5.74, 6) is -2.23. The van der Waals surface area contributed by atoms with E-state index in [2.05, 4.69) is 41.2 Å². The molecule has 380 valence electrons. The smallest absolute Gasteiger partial charge is 0.318 e. The number of nitrogens with zero attached hydrogens (tertiary/aromatic N) is 8. The number of rotatable bonds is 12. The van der Waals surface area contributed by atoms with Gasteiger partial charge in [-0.3, -0.25) is 19.2 Å². The zero-order valence-corrected chi connectivity index (χ0v) is 40.7. The Hall–Kier alpha value is -7.06. The third kappa shape index (κ3) is 9.80. The monoisotopic (exact) mass is 984 g/mol. The molecule has 20 nitrogen and oxygen atoms in total. The van der Waals surface area contributed by atoms with Gasteiger partial charge in [-0.2, -0.15) is 0 Å². The zero-order chi connectivity index (χ0) is 50.5. The fourth-order valence-electron chi connectivity index (χ4n) is 12.1. The van der Waals surface area contributed by atoms with E-state index in [0.717, 1.165) is 51.4 Å². The first-order valence-electron chi connectivity index (χ1n) is 25.2. The van der Waals surface area contributed by atoms with Crippen LogP contribution in [0, 0.1) is 23.7 Å². The van der Waals surface area contributed by atoms with E-state index in [9.17, 15) is 39.0 Å². The molecular weight excluding hydrogens is 921 g/mol. The molecule has 2 saturated carbocycles. The summed E-state index contributed by atoms with van der Waals surface area (Å²) in [7, 11) is 0. The molecular formula is C52H64N12O8. The lowest BCUT2D eigenvalue weighted by atomic mass is 9.88. The van der Waals surface area contributed by atoms with Crippen LogP contribution in [0.25, 0.3) is 12.2 Å². The van der Waals surface area contributed by atoms with E-state index in [1.54, 1.807) is 67.7 Å². The third-order valence-corrected chi connectivity index (χ3v) is 15.4. The highest BCUT2D eigenvalue weighted by Gasteiger charge is 2.59. The van der Waals surface area contributed by atoms with Crippen LogP contribution in [0.15, 0.2) is 83.2 Å². The maximum absolute atomic E-state index is 13.7. The van der Waals surface area contributed by atoms with Crippen molar-refractivity contribution in [3.05, 3.63) is 128 Å². The molecule has 0 spiro atoms. The number of hydrogen-bond donors (Lipinski definition) is 6. The van der Waals surface area contributed by atoms with E-state index in [1.807, 2.05) is 38.1 Å². The van der Waals surface area contributed by atoms with Crippen LogP contribution in [0.3, 0.4) is 0 Å². The van der Waals surface area contributed by atoms with Crippen LogP contribution in [0.5, 0.6) is 0 Å². The summed E-state index contributed by atoms with van der Waals surface area (Å²) < 4.78 is 3.39. The molecule has 2 aliphatic carbocycles. The van der Waals surface area contributed by atoms with Gasteiger partial charge in [-0.15, -0.1) is 0 Å². The molecule has 8 heterocycles. The molecule has 0 unspecified atom stereocenters. The summed E-state index contributed by atoms with van der Waals surface area (Å²) in [5.41, 5.74) is 3.58. The van der Waals surface area contributed by atoms with Crippen molar-refractivity contribution in [2.45, 2.75) is 128 Å². The van der Waals surface area contributed by atoms with Crippen LogP contribution >= 0.6 is 0 Å². The Morgan fingerprint density at radius 1 is 0.611 bits per heavy atom. The van der Waals surface area contributed by atoms with Crippen molar-refractivity contribution in [3.63, 3.8) is 0 Å². The summed E-state index contributed by atoms with van der Waals surface area (Å²) in [4.78, 5) is 100.0. The number of aliphatic hydroxyl groups excluding tert-OH is 2. The van der Waals surface area contributed by atoms with Crippen LogP contribution in [0.4, 0.5) is 9.59 Å². The van der Waals surface area contributed by atoms with E-state index in [0.29, 0.717) is 47.0 Å². The second kappa shape index (κ2) is 22.1. The Bertz CT molecular complexity index is 2600. The van der Waals surface area contributed by atoms with Crippen molar-refractivity contribution in [3.8, 4) is 0 Å². The van der Waals surface area contributed by atoms with Gasteiger partial charge in [-0.05, 0) is 75.9 Å². The Morgan fingerprint density at radius 2 is 1.01 bits per heavy atom. The second-order valence-corrected chi connectivity index (χ2v) is 19.6.